The van der Waals surface area contributed by atoms with Gasteiger partial charge in [0.25, 0.3) is 5.89 Å². The highest BCUT2D eigenvalue weighted by Gasteiger charge is 2.41. The molecule has 0 aromatic carbocycles. The van der Waals surface area contributed by atoms with E-state index in [1.807, 2.05) is 11.8 Å². The van der Waals surface area contributed by atoms with Crippen LogP contribution in [0.1, 0.15) is 50.7 Å². The molecule has 1 spiro atoms. The Bertz CT molecular complexity index is 552. The van der Waals surface area contributed by atoms with Gasteiger partial charge in [-0.25, -0.2) is 0 Å². The van der Waals surface area contributed by atoms with Crippen LogP contribution in [0.2, 0.25) is 0 Å². The van der Waals surface area contributed by atoms with Crippen molar-refractivity contribution in [3.8, 4) is 0 Å². The van der Waals surface area contributed by atoms with Gasteiger partial charge in [-0.15, -0.1) is 0 Å². The van der Waals surface area contributed by atoms with Crippen molar-refractivity contribution in [2.24, 2.45) is 5.92 Å². The largest absolute Gasteiger partial charge is 0.375 e. The minimum Gasteiger partial charge on any atom is -0.375 e. The van der Waals surface area contributed by atoms with Gasteiger partial charge in [-0.05, 0) is 31.6 Å². The van der Waals surface area contributed by atoms with E-state index in [1.54, 1.807) is 7.11 Å². The summed E-state index contributed by atoms with van der Waals surface area (Å²) in [5.41, 5.74) is -0.0769. The smallest absolute Gasteiger partial charge is 0.252 e. The van der Waals surface area contributed by atoms with Crippen molar-refractivity contribution in [1.29, 1.82) is 0 Å². The fraction of sp³-hybridized carbons (Fsp3) is 0.824. The first-order chi connectivity index (χ1) is 11.6. The summed E-state index contributed by atoms with van der Waals surface area (Å²) in [5, 5.41) is 4.05. The van der Waals surface area contributed by atoms with Crippen LogP contribution in [0.5, 0.6) is 0 Å². The summed E-state index contributed by atoms with van der Waals surface area (Å²) in [5.74, 6) is 2.03. The Morgan fingerprint density at radius 3 is 2.92 bits per heavy atom. The molecule has 1 amide bonds. The van der Waals surface area contributed by atoms with Gasteiger partial charge in [0.05, 0.1) is 5.60 Å². The maximum Gasteiger partial charge on any atom is 0.252 e. The van der Waals surface area contributed by atoms with Crippen LogP contribution >= 0.6 is 0 Å². The van der Waals surface area contributed by atoms with Crippen molar-refractivity contribution in [1.82, 2.24) is 15.0 Å². The molecule has 0 radical (unpaired) electrons. The Morgan fingerprint density at radius 2 is 2.21 bits per heavy atom. The lowest BCUT2D eigenvalue weighted by Gasteiger charge is -2.46. The predicted octanol–water partition coefficient (Wildman–Crippen LogP) is 1.96. The number of likely N-dealkylation sites (tertiary alicyclic amines) is 1. The van der Waals surface area contributed by atoms with E-state index >= 15 is 0 Å². The number of nitrogens with zero attached hydrogens (tertiary/aromatic N) is 3. The molecule has 1 atom stereocenters. The maximum absolute atomic E-state index is 11.8. The SMILES string of the molecule is CCC(=O)N1CCC2(CC1)CC(Cc1noc(COC)n1)CCO2. The number of piperidine rings is 1. The van der Waals surface area contributed by atoms with Crippen molar-refractivity contribution < 1.29 is 18.8 Å². The fourth-order valence-electron chi connectivity index (χ4n) is 3.85. The molecule has 2 fully saturated rings. The molecule has 0 saturated carbocycles. The van der Waals surface area contributed by atoms with Gasteiger partial charge in [0.2, 0.25) is 5.91 Å². The standard InChI is InChI=1S/C17H27N3O4/c1-3-16(21)20-7-5-17(6-8-20)11-13(4-9-23-17)10-14-18-15(12-22-2)24-19-14/h13H,3-12H2,1-2H3. The molecule has 7 nitrogen and oxygen atoms in total. The van der Waals surface area contributed by atoms with E-state index in [0.717, 1.165) is 57.6 Å². The number of methoxy groups -OCH3 is 1. The number of hydrogen-bond donors (Lipinski definition) is 0. The first kappa shape index (κ1) is 17.4. The van der Waals surface area contributed by atoms with E-state index in [9.17, 15) is 4.79 Å². The Labute approximate surface area is 142 Å². The fourth-order valence-corrected chi connectivity index (χ4v) is 3.85. The maximum atomic E-state index is 11.8. The second kappa shape index (κ2) is 7.61. The summed E-state index contributed by atoms with van der Waals surface area (Å²) >= 11 is 0. The van der Waals surface area contributed by atoms with Gasteiger partial charge in [-0.3, -0.25) is 4.79 Å². The molecule has 0 bridgehead atoms. The quantitative estimate of drug-likeness (QED) is 0.817. The van der Waals surface area contributed by atoms with E-state index in [2.05, 4.69) is 10.1 Å². The minimum absolute atomic E-state index is 0.0769. The average Bonchev–Trinajstić information content (AvgIpc) is 3.02. The third-order valence-corrected chi connectivity index (χ3v) is 5.17. The van der Waals surface area contributed by atoms with Crippen LogP contribution in [0.15, 0.2) is 4.52 Å². The number of ether oxygens (including phenoxy) is 2. The van der Waals surface area contributed by atoms with Crippen LogP contribution in [0.25, 0.3) is 0 Å². The molecular formula is C17H27N3O4. The molecular weight excluding hydrogens is 310 g/mol. The van der Waals surface area contributed by atoms with Gasteiger partial charge < -0.3 is 18.9 Å². The molecule has 3 heterocycles. The van der Waals surface area contributed by atoms with Crippen LogP contribution in [0.3, 0.4) is 0 Å². The van der Waals surface area contributed by atoms with Gasteiger partial charge in [0.1, 0.15) is 6.61 Å². The number of aromatic nitrogens is 2. The predicted molar refractivity (Wildman–Crippen MR) is 86.2 cm³/mol. The zero-order valence-corrected chi connectivity index (χ0v) is 14.6. The van der Waals surface area contributed by atoms with E-state index in [4.69, 9.17) is 14.0 Å². The lowest BCUT2D eigenvalue weighted by atomic mass is 9.78. The summed E-state index contributed by atoms with van der Waals surface area (Å²) in [4.78, 5) is 18.2. The first-order valence-corrected chi connectivity index (χ1v) is 8.86. The van der Waals surface area contributed by atoms with Crippen molar-refractivity contribution >= 4 is 5.91 Å². The summed E-state index contributed by atoms with van der Waals surface area (Å²) < 4.78 is 16.3. The molecule has 1 unspecified atom stereocenters. The molecule has 24 heavy (non-hydrogen) atoms. The average molecular weight is 337 g/mol. The van der Waals surface area contributed by atoms with Crippen LogP contribution in [0, 0.1) is 5.92 Å². The molecule has 3 rings (SSSR count). The van der Waals surface area contributed by atoms with E-state index in [1.165, 1.54) is 0 Å². The monoisotopic (exact) mass is 337 g/mol. The number of carbonyl (C=O) groups excluding carboxylic acids is 1. The first-order valence-electron chi connectivity index (χ1n) is 8.86. The summed E-state index contributed by atoms with van der Waals surface area (Å²) in [7, 11) is 1.61. The van der Waals surface area contributed by atoms with Crippen LogP contribution in [0.4, 0.5) is 0 Å². The van der Waals surface area contributed by atoms with Crippen molar-refractivity contribution in [3.05, 3.63) is 11.7 Å². The summed E-state index contributed by atoms with van der Waals surface area (Å²) in [6.07, 6.45) is 5.28. The Morgan fingerprint density at radius 1 is 1.42 bits per heavy atom. The van der Waals surface area contributed by atoms with Crippen molar-refractivity contribution in [2.45, 2.75) is 57.7 Å². The normalized spacial score (nSPS) is 23.6. The Balaban J connectivity index is 1.55. The number of rotatable bonds is 5. The van der Waals surface area contributed by atoms with E-state index in [0.29, 0.717) is 24.8 Å². The lowest BCUT2D eigenvalue weighted by Crippen LogP contribution is -2.50. The van der Waals surface area contributed by atoms with Gasteiger partial charge >= 0.3 is 0 Å². The molecule has 134 valence electrons. The van der Waals surface area contributed by atoms with Gasteiger partial charge in [0, 0.05) is 39.6 Å². The molecule has 2 aliphatic rings. The highest BCUT2D eigenvalue weighted by atomic mass is 16.5. The highest BCUT2D eigenvalue weighted by Crippen LogP contribution is 2.38. The highest BCUT2D eigenvalue weighted by molar-refractivity contribution is 5.75. The van der Waals surface area contributed by atoms with Crippen LogP contribution in [-0.2, 0) is 27.3 Å². The summed E-state index contributed by atoms with van der Waals surface area (Å²) in [6.45, 7) is 4.66. The lowest BCUT2D eigenvalue weighted by molar-refractivity contribution is -0.146. The molecule has 2 aliphatic heterocycles. The molecule has 1 aromatic rings. The van der Waals surface area contributed by atoms with Crippen molar-refractivity contribution in [3.63, 3.8) is 0 Å². The van der Waals surface area contributed by atoms with Gasteiger partial charge in [-0.2, -0.15) is 4.98 Å². The van der Waals surface area contributed by atoms with Gasteiger partial charge in [-0.1, -0.05) is 12.1 Å². The zero-order valence-electron chi connectivity index (χ0n) is 14.6. The Hall–Kier alpha value is -1.47. The minimum atomic E-state index is -0.0769. The topological polar surface area (TPSA) is 77.7 Å². The number of amides is 1. The number of carbonyl (C=O) groups is 1. The van der Waals surface area contributed by atoms with Gasteiger partial charge in [0.15, 0.2) is 5.82 Å². The van der Waals surface area contributed by atoms with E-state index in [-0.39, 0.29) is 11.5 Å². The van der Waals surface area contributed by atoms with E-state index < -0.39 is 0 Å². The molecule has 0 N–H and O–H groups in total. The second-order valence-electron chi connectivity index (χ2n) is 6.87. The number of hydrogen-bond acceptors (Lipinski definition) is 6. The molecule has 2 saturated heterocycles. The summed E-state index contributed by atoms with van der Waals surface area (Å²) in [6, 6.07) is 0. The second-order valence-corrected chi connectivity index (χ2v) is 6.87. The third kappa shape index (κ3) is 3.95. The van der Waals surface area contributed by atoms with Crippen molar-refractivity contribution in [2.75, 3.05) is 26.8 Å². The molecule has 7 heteroatoms. The van der Waals surface area contributed by atoms with Crippen LogP contribution in [-0.4, -0.2) is 53.4 Å². The zero-order chi connectivity index (χ0) is 17.0. The third-order valence-electron chi connectivity index (χ3n) is 5.17. The Kier molecular flexibility index (Phi) is 5.50. The molecule has 1 aromatic heterocycles. The molecule has 0 aliphatic carbocycles. The van der Waals surface area contributed by atoms with Crippen LogP contribution < -0.4 is 0 Å².